The summed E-state index contributed by atoms with van der Waals surface area (Å²) in [6.07, 6.45) is 5.06. The van der Waals surface area contributed by atoms with Crippen LogP contribution in [0.1, 0.15) is 38.5 Å². The van der Waals surface area contributed by atoms with Gasteiger partial charge in [0.2, 0.25) is 0 Å². The van der Waals surface area contributed by atoms with Crippen LogP contribution in [0.4, 0.5) is 4.79 Å². The van der Waals surface area contributed by atoms with Gasteiger partial charge in [-0.3, -0.25) is 4.79 Å². The molecule has 1 heterocycles. The van der Waals surface area contributed by atoms with Crippen LogP contribution in [0, 0.1) is 5.92 Å². The number of amides is 2. The van der Waals surface area contributed by atoms with Gasteiger partial charge in [-0.05, 0) is 32.1 Å². The molecule has 0 bridgehead atoms. The Bertz CT molecular complexity index is 361. The summed E-state index contributed by atoms with van der Waals surface area (Å²) in [5.41, 5.74) is 0. The standard InChI is InChI=1S/C14H24N2O4/c1-20-12-6-3-7-16(9-12)14(19)15-11-5-2-4-10(8-11)13(17)18/h10-12H,2-9H2,1H3,(H,15,19)(H,17,18). The van der Waals surface area contributed by atoms with Gasteiger partial charge in [-0.25, -0.2) is 4.79 Å². The van der Waals surface area contributed by atoms with Gasteiger partial charge in [0.05, 0.1) is 12.0 Å². The number of carbonyl (C=O) groups is 2. The Labute approximate surface area is 119 Å². The van der Waals surface area contributed by atoms with Crippen LogP contribution >= 0.6 is 0 Å². The second-order valence-electron chi connectivity index (χ2n) is 5.79. The third-order valence-corrected chi connectivity index (χ3v) is 4.35. The van der Waals surface area contributed by atoms with E-state index < -0.39 is 5.97 Å². The Hall–Kier alpha value is -1.30. The van der Waals surface area contributed by atoms with Crippen molar-refractivity contribution in [3.8, 4) is 0 Å². The molecule has 0 aromatic heterocycles. The number of rotatable bonds is 3. The monoisotopic (exact) mass is 284 g/mol. The molecule has 2 fully saturated rings. The molecule has 2 amide bonds. The predicted molar refractivity (Wildman–Crippen MR) is 73.5 cm³/mol. The van der Waals surface area contributed by atoms with Gasteiger partial charge in [0.1, 0.15) is 0 Å². The number of hydrogen-bond acceptors (Lipinski definition) is 3. The van der Waals surface area contributed by atoms with Crippen LogP contribution in [-0.4, -0.2) is 54.4 Å². The number of ether oxygens (including phenoxy) is 1. The molecule has 0 aromatic rings. The summed E-state index contributed by atoms with van der Waals surface area (Å²) < 4.78 is 5.31. The zero-order valence-electron chi connectivity index (χ0n) is 12.0. The number of nitrogens with zero attached hydrogens (tertiary/aromatic N) is 1. The third-order valence-electron chi connectivity index (χ3n) is 4.35. The summed E-state index contributed by atoms with van der Waals surface area (Å²) in [4.78, 5) is 25.0. The molecule has 3 atom stereocenters. The van der Waals surface area contributed by atoms with Gasteiger partial charge < -0.3 is 20.1 Å². The topological polar surface area (TPSA) is 78.9 Å². The highest BCUT2D eigenvalue weighted by atomic mass is 16.5. The van der Waals surface area contributed by atoms with E-state index in [-0.39, 0.29) is 24.1 Å². The molecular weight excluding hydrogens is 260 g/mol. The third kappa shape index (κ3) is 3.85. The van der Waals surface area contributed by atoms with E-state index in [9.17, 15) is 9.59 Å². The highest BCUT2D eigenvalue weighted by Gasteiger charge is 2.30. The molecular formula is C14H24N2O4. The van der Waals surface area contributed by atoms with E-state index in [1.165, 1.54) is 0 Å². The molecule has 1 aliphatic heterocycles. The van der Waals surface area contributed by atoms with Crippen LogP contribution in [0.2, 0.25) is 0 Å². The molecule has 2 aliphatic rings. The maximum atomic E-state index is 12.2. The first kappa shape index (κ1) is 15.1. The summed E-state index contributed by atoms with van der Waals surface area (Å²) in [5.74, 6) is -1.07. The first-order valence-corrected chi connectivity index (χ1v) is 7.41. The number of piperidine rings is 1. The molecule has 0 aromatic carbocycles. The van der Waals surface area contributed by atoms with Crippen molar-refractivity contribution in [1.82, 2.24) is 10.2 Å². The molecule has 0 spiro atoms. The molecule has 0 radical (unpaired) electrons. The number of nitrogens with one attached hydrogen (secondary N) is 1. The van der Waals surface area contributed by atoms with E-state index in [2.05, 4.69) is 5.32 Å². The van der Waals surface area contributed by atoms with E-state index in [0.29, 0.717) is 13.0 Å². The summed E-state index contributed by atoms with van der Waals surface area (Å²) in [6, 6.07) is -0.0944. The van der Waals surface area contributed by atoms with Gasteiger partial charge in [-0.15, -0.1) is 0 Å². The van der Waals surface area contributed by atoms with E-state index in [1.54, 1.807) is 12.0 Å². The fourth-order valence-corrected chi connectivity index (χ4v) is 3.13. The zero-order chi connectivity index (χ0) is 14.5. The van der Waals surface area contributed by atoms with Crippen molar-refractivity contribution < 1.29 is 19.4 Å². The molecule has 2 N–H and O–H groups in total. The fourth-order valence-electron chi connectivity index (χ4n) is 3.13. The number of carbonyl (C=O) groups excluding carboxylic acids is 1. The average molecular weight is 284 g/mol. The van der Waals surface area contributed by atoms with Gasteiger partial charge in [-0.2, -0.15) is 0 Å². The fraction of sp³-hybridized carbons (Fsp3) is 0.857. The Kier molecular flexibility index (Phi) is 5.23. The summed E-state index contributed by atoms with van der Waals surface area (Å²) in [7, 11) is 1.67. The van der Waals surface area contributed by atoms with Crippen molar-refractivity contribution in [2.24, 2.45) is 5.92 Å². The molecule has 6 nitrogen and oxygen atoms in total. The summed E-state index contributed by atoms with van der Waals surface area (Å²) in [5, 5.41) is 12.1. The van der Waals surface area contributed by atoms with Crippen LogP contribution in [0.5, 0.6) is 0 Å². The van der Waals surface area contributed by atoms with Gasteiger partial charge in [0.25, 0.3) is 0 Å². The van der Waals surface area contributed by atoms with Crippen molar-refractivity contribution in [2.75, 3.05) is 20.2 Å². The Morgan fingerprint density at radius 1 is 1.25 bits per heavy atom. The molecule has 6 heteroatoms. The van der Waals surface area contributed by atoms with E-state index in [0.717, 1.165) is 38.6 Å². The molecule has 114 valence electrons. The molecule has 1 aliphatic carbocycles. The van der Waals surface area contributed by atoms with E-state index in [4.69, 9.17) is 9.84 Å². The lowest BCUT2D eigenvalue weighted by atomic mass is 9.86. The first-order valence-electron chi connectivity index (χ1n) is 7.41. The lowest BCUT2D eigenvalue weighted by molar-refractivity contribution is -0.143. The zero-order valence-corrected chi connectivity index (χ0v) is 12.0. The van der Waals surface area contributed by atoms with Gasteiger partial charge in [-0.1, -0.05) is 6.42 Å². The predicted octanol–water partition coefficient (Wildman–Crippen LogP) is 1.45. The van der Waals surface area contributed by atoms with Crippen molar-refractivity contribution in [1.29, 1.82) is 0 Å². The van der Waals surface area contributed by atoms with Crippen LogP contribution in [-0.2, 0) is 9.53 Å². The highest BCUT2D eigenvalue weighted by Crippen LogP contribution is 2.24. The quantitative estimate of drug-likeness (QED) is 0.822. The minimum atomic E-state index is -0.749. The Morgan fingerprint density at radius 3 is 2.75 bits per heavy atom. The lowest BCUT2D eigenvalue weighted by Gasteiger charge is -2.34. The number of methoxy groups -OCH3 is 1. The van der Waals surface area contributed by atoms with Gasteiger partial charge >= 0.3 is 12.0 Å². The number of carboxylic acid groups (broad SMARTS) is 1. The average Bonchev–Trinajstić information content (AvgIpc) is 2.47. The van der Waals surface area contributed by atoms with E-state index in [1.807, 2.05) is 0 Å². The molecule has 20 heavy (non-hydrogen) atoms. The van der Waals surface area contributed by atoms with Crippen molar-refractivity contribution in [2.45, 2.75) is 50.7 Å². The molecule has 1 saturated carbocycles. The van der Waals surface area contributed by atoms with Gasteiger partial charge in [0, 0.05) is 26.2 Å². The van der Waals surface area contributed by atoms with Crippen molar-refractivity contribution in [3.05, 3.63) is 0 Å². The van der Waals surface area contributed by atoms with Gasteiger partial charge in [0.15, 0.2) is 0 Å². The van der Waals surface area contributed by atoms with Crippen molar-refractivity contribution in [3.63, 3.8) is 0 Å². The normalized spacial score (nSPS) is 30.9. The number of urea groups is 1. The molecule has 2 rings (SSSR count). The SMILES string of the molecule is COC1CCCN(C(=O)NC2CCCC(C(=O)O)C2)C1. The first-order chi connectivity index (χ1) is 9.60. The Morgan fingerprint density at radius 2 is 2.05 bits per heavy atom. The van der Waals surface area contributed by atoms with E-state index >= 15 is 0 Å². The van der Waals surface area contributed by atoms with Crippen LogP contribution in [0.15, 0.2) is 0 Å². The Balaban J connectivity index is 1.83. The number of aliphatic carboxylic acids is 1. The lowest BCUT2D eigenvalue weighted by Crippen LogP contribution is -2.51. The summed E-state index contributed by atoms with van der Waals surface area (Å²) >= 11 is 0. The smallest absolute Gasteiger partial charge is 0.317 e. The largest absolute Gasteiger partial charge is 0.481 e. The minimum absolute atomic E-state index is 0.0136. The summed E-state index contributed by atoms with van der Waals surface area (Å²) in [6.45, 7) is 1.37. The van der Waals surface area contributed by atoms with Crippen LogP contribution < -0.4 is 5.32 Å². The maximum absolute atomic E-state index is 12.2. The highest BCUT2D eigenvalue weighted by molar-refractivity contribution is 5.75. The van der Waals surface area contributed by atoms with Crippen LogP contribution in [0.3, 0.4) is 0 Å². The molecule has 3 unspecified atom stereocenters. The van der Waals surface area contributed by atoms with Crippen LogP contribution in [0.25, 0.3) is 0 Å². The molecule has 1 saturated heterocycles. The number of likely N-dealkylation sites (tertiary alicyclic amines) is 1. The second-order valence-corrected chi connectivity index (χ2v) is 5.79. The second kappa shape index (κ2) is 6.92. The minimum Gasteiger partial charge on any atom is -0.481 e. The van der Waals surface area contributed by atoms with Crippen molar-refractivity contribution >= 4 is 12.0 Å². The number of hydrogen-bond donors (Lipinski definition) is 2. The maximum Gasteiger partial charge on any atom is 0.317 e. The number of carboxylic acids is 1.